The van der Waals surface area contributed by atoms with Crippen molar-refractivity contribution in [2.45, 2.75) is 27.7 Å². The van der Waals surface area contributed by atoms with Gasteiger partial charge in [-0.25, -0.2) is 9.97 Å². The molecule has 0 atom stereocenters. The van der Waals surface area contributed by atoms with Gasteiger partial charge in [-0.15, -0.1) is 0 Å². The molecule has 2 rings (SSSR count). The summed E-state index contributed by atoms with van der Waals surface area (Å²) in [5.41, 5.74) is 4.22. The van der Waals surface area contributed by atoms with Crippen LogP contribution in [0.4, 0.5) is 5.82 Å². The highest BCUT2D eigenvalue weighted by Crippen LogP contribution is 2.23. The molecular formula is C14H18N4. The Hall–Kier alpha value is -1.97. The molecule has 2 aromatic heterocycles. The van der Waals surface area contributed by atoms with Gasteiger partial charge in [0.05, 0.1) is 0 Å². The Balaban J connectivity index is 2.56. The van der Waals surface area contributed by atoms with Crippen molar-refractivity contribution in [1.82, 2.24) is 15.0 Å². The molecular weight excluding hydrogens is 224 g/mol. The molecule has 0 fully saturated rings. The van der Waals surface area contributed by atoms with Gasteiger partial charge in [0.2, 0.25) is 0 Å². The molecule has 0 amide bonds. The van der Waals surface area contributed by atoms with E-state index in [1.807, 2.05) is 33.0 Å². The smallest absolute Gasteiger partial charge is 0.163 e. The molecule has 94 valence electrons. The molecule has 4 heteroatoms. The van der Waals surface area contributed by atoms with Crippen LogP contribution in [-0.4, -0.2) is 21.5 Å². The topological polar surface area (TPSA) is 50.7 Å². The summed E-state index contributed by atoms with van der Waals surface area (Å²) >= 11 is 0. The predicted molar refractivity (Wildman–Crippen MR) is 73.6 cm³/mol. The maximum atomic E-state index is 4.59. The lowest BCUT2D eigenvalue weighted by Crippen LogP contribution is -2.06. The first-order chi connectivity index (χ1) is 8.63. The zero-order valence-electron chi connectivity index (χ0n) is 11.3. The Kier molecular flexibility index (Phi) is 3.55. The normalized spacial score (nSPS) is 10.4. The third-order valence-electron chi connectivity index (χ3n) is 3.01. The van der Waals surface area contributed by atoms with Crippen LogP contribution in [0.1, 0.15) is 23.7 Å². The van der Waals surface area contributed by atoms with E-state index in [-0.39, 0.29) is 0 Å². The lowest BCUT2D eigenvalue weighted by molar-refractivity contribution is 1.04. The van der Waals surface area contributed by atoms with Gasteiger partial charge in [0.25, 0.3) is 0 Å². The molecule has 0 aromatic carbocycles. The first-order valence-electron chi connectivity index (χ1n) is 6.13. The predicted octanol–water partition coefficient (Wildman–Crippen LogP) is 2.90. The molecule has 0 saturated carbocycles. The van der Waals surface area contributed by atoms with Crippen LogP contribution >= 0.6 is 0 Å². The van der Waals surface area contributed by atoms with Crippen LogP contribution in [0.3, 0.4) is 0 Å². The molecule has 0 spiro atoms. The third-order valence-corrected chi connectivity index (χ3v) is 3.01. The van der Waals surface area contributed by atoms with E-state index < -0.39 is 0 Å². The summed E-state index contributed by atoms with van der Waals surface area (Å²) < 4.78 is 0. The minimum atomic E-state index is 0.736. The number of nitrogens with one attached hydrogen (secondary N) is 1. The van der Waals surface area contributed by atoms with Crippen LogP contribution in [0.15, 0.2) is 18.5 Å². The van der Waals surface area contributed by atoms with Gasteiger partial charge in [0.1, 0.15) is 5.82 Å². The van der Waals surface area contributed by atoms with Crippen LogP contribution in [0.5, 0.6) is 0 Å². The fourth-order valence-electron chi connectivity index (χ4n) is 1.79. The molecule has 1 N–H and O–H groups in total. The van der Waals surface area contributed by atoms with E-state index in [0.717, 1.165) is 40.6 Å². The van der Waals surface area contributed by atoms with Gasteiger partial charge in [-0.05, 0) is 39.3 Å². The van der Waals surface area contributed by atoms with Crippen LogP contribution in [0.2, 0.25) is 0 Å². The number of nitrogens with zero attached hydrogens (tertiary/aromatic N) is 3. The fraction of sp³-hybridized carbons (Fsp3) is 0.357. The van der Waals surface area contributed by atoms with Gasteiger partial charge in [-0.1, -0.05) is 0 Å². The summed E-state index contributed by atoms with van der Waals surface area (Å²) in [6, 6.07) is 1.97. The Morgan fingerprint density at radius 1 is 1.17 bits per heavy atom. The first-order valence-corrected chi connectivity index (χ1v) is 6.13. The number of aryl methyl sites for hydroxylation is 2. The standard InChI is InChI=1S/C14H18N4/c1-5-16-13-10(3)11(4)17-14(18-13)12-8-15-7-6-9(12)2/h6-8H,5H2,1-4H3,(H,16,17,18). The molecule has 0 aliphatic carbocycles. The minimum Gasteiger partial charge on any atom is -0.370 e. The highest BCUT2D eigenvalue weighted by molar-refractivity contribution is 5.62. The van der Waals surface area contributed by atoms with E-state index >= 15 is 0 Å². The van der Waals surface area contributed by atoms with Crippen molar-refractivity contribution in [3.8, 4) is 11.4 Å². The molecule has 18 heavy (non-hydrogen) atoms. The Morgan fingerprint density at radius 2 is 1.94 bits per heavy atom. The summed E-state index contributed by atoms with van der Waals surface area (Å²) in [7, 11) is 0. The summed E-state index contributed by atoms with van der Waals surface area (Å²) in [5, 5.41) is 3.27. The molecule has 0 bridgehead atoms. The molecule has 0 aliphatic heterocycles. The highest BCUT2D eigenvalue weighted by atomic mass is 15.0. The van der Waals surface area contributed by atoms with Crippen molar-refractivity contribution in [1.29, 1.82) is 0 Å². The zero-order chi connectivity index (χ0) is 13.1. The van der Waals surface area contributed by atoms with Gasteiger partial charge >= 0.3 is 0 Å². The molecule has 0 unspecified atom stereocenters. The molecule has 4 nitrogen and oxygen atoms in total. The summed E-state index contributed by atoms with van der Waals surface area (Å²) in [6.07, 6.45) is 3.60. The van der Waals surface area contributed by atoms with Gasteiger partial charge in [-0.3, -0.25) is 4.98 Å². The van der Waals surface area contributed by atoms with Crippen molar-refractivity contribution in [2.75, 3.05) is 11.9 Å². The van der Waals surface area contributed by atoms with Crippen LogP contribution in [0, 0.1) is 20.8 Å². The quantitative estimate of drug-likeness (QED) is 0.899. The summed E-state index contributed by atoms with van der Waals surface area (Å²) in [4.78, 5) is 13.3. The molecule has 2 heterocycles. The summed E-state index contributed by atoms with van der Waals surface area (Å²) in [6.45, 7) is 9.00. The van der Waals surface area contributed by atoms with E-state index in [9.17, 15) is 0 Å². The van der Waals surface area contributed by atoms with Crippen molar-refractivity contribution in [2.24, 2.45) is 0 Å². The molecule has 0 aliphatic rings. The summed E-state index contributed by atoms with van der Waals surface area (Å²) in [5.74, 6) is 1.64. The third kappa shape index (κ3) is 2.32. The molecule has 0 radical (unpaired) electrons. The largest absolute Gasteiger partial charge is 0.370 e. The second-order valence-electron chi connectivity index (χ2n) is 4.33. The molecule has 0 saturated heterocycles. The lowest BCUT2D eigenvalue weighted by atomic mass is 10.1. The number of hydrogen-bond acceptors (Lipinski definition) is 4. The van der Waals surface area contributed by atoms with E-state index in [1.165, 1.54) is 0 Å². The minimum absolute atomic E-state index is 0.736. The SMILES string of the molecule is CCNc1nc(-c2cnccc2C)nc(C)c1C. The number of anilines is 1. The average molecular weight is 242 g/mol. The maximum Gasteiger partial charge on any atom is 0.163 e. The van der Waals surface area contributed by atoms with E-state index in [1.54, 1.807) is 6.20 Å². The number of aromatic nitrogens is 3. The number of rotatable bonds is 3. The highest BCUT2D eigenvalue weighted by Gasteiger charge is 2.10. The van der Waals surface area contributed by atoms with Crippen molar-refractivity contribution in [3.05, 3.63) is 35.3 Å². The van der Waals surface area contributed by atoms with Gasteiger partial charge in [0, 0.05) is 35.8 Å². The van der Waals surface area contributed by atoms with E-state index in [2.05, 4.69) is 27.2 Å². The van der Waals surface area contributed by atoms with Crippen molar-refractivity contribution in [3.63, 3.8) is 0 Å². The number of hydrogen-bond donors (Lipinski definition) is 1. The number of pyridine rings is 1. The van der Waals surface area contributed by atoms with Gasteiger partial charge in [-0.2, -0.15) is 0 Å². The Morgan fingerprint density at radius 3 is 2.61 bits per heavy atom. The van der Waals surface area contributed by atoms with E-state index in [4.69, 9.17) is 0 Å². The molecule has 2 aromatic rings. The van der Waals surface area contributed by atoms with Crippen molar-refractivity contribution < 1.29 is 0 Å². The van der Waals surface area contributed by atoms with Crippen LogP contribution in [0.25, 0.3) is 11.4 Å². The van der Waals surface area contributed by atoms with Crippen LogP contribution in [-0.2, 0) is 0 Å². The first kappa shape index (κ1) is 12.5. The van der Waals surface area contributed by atoms with Crippen LogP contribution < -0.4 is 5.32 Å². The van der Waals surface area contributed by atoms with E-state index in [0.29, 0.717) is 0 Å². The van der Waals surface area contributed by atoms with Gasteiger partial charge < -0.3 is 5.32 Å². The second kappa shape index (κ2) is 5.12. The van der Waals surface area contributed by atoms with Gasteiger partial charge in [0.15, 0.2) is 5.82 Å². The zero-order valence-corrected chi connectivity index (χ0v) is 11.3. The Labute approximate surface area is 108 Å². The Bertz CT molecular complexity index is 564. The maximum absolute atomic E-state index is 4.59. The fourth-order valence-corrected chi connectivity index (χ4v) is 1.79. The second-order valence-corrected chi connectivity index (χ2v) is 4.33. The average Bonchev–Trinajstić information content (AvgIpc) is 2.35. The van der Waals surface area contributed by atoms with Crippen molar-refractivity contribution >= 4 is 5.82 Å². The monoisotopic (exact) mass is 242 g/mol. The lowest BCUT2D eigenvalue weighted by Gasteiger charge is -2.11.